The van der Waals surface area contributed by atoms with E-state index in [9.17, 15) is 0 Å². The summed E-state index contributed by atoms with van der Waals surface area (Å²) in [7, 11) is 0. The fourth-order valence-electron chi connectivity index (χ4n) is 8.47. The summed E-state index contributed by atoms with van der Waals surface area (Å²) in [5.74, 6) is 0.696. The second kappa shape index (κ2) is 11.8. The van der Waals surface area contributed by atoms with Gasteiger partial charge in [0.25, 0.3) is 0 Å². The third kappa shape index (κ3) is 4.71. The number of rotatable bonds is 8. The first-order valence-corrected chi connectivity index (χ1v) is 16.9. The third-order valence-corrected chi connectivity index (χ3v) is 10.8. The molecule has 0 amide bonds. The molecule has 0 saturated heterocycles. The average molecular weight is 579 g/mol. The van der Waals surface area contributed by atoms with E-state index in [4.69, 9.17) is 0 Å². The van der Waals surface area contributed by atoms with Crippen molar-refractivity contribution < 1.29 is 9.13 Å². The van der Waals surface area contributed by atoms with Crippen LogP contribution < -0.4 is 9.13 Å². The largest absolute Gasteiger partial charge is 0.213 e. The predicted molar refractivity (Wildman–Crippen MR) is 182 cm³/mol. The molecule has 2 unspecified atom stereocenters. The van der Waals surface area contributed by atoms with Crippen molar-refractivity contribution in [2.24, 2.45) is 0 Å². The van der Waals surface area contributed by atoms with Gasteiger partial charge in [-0.1, -0.05) is 94.3 Å². The number of unbranched alkanes of at least 4 members (excludes halogenated alkanes) is 2. The molecule has 2 nitrogen and oxygen atoms in total. The van der Waals surface area contributed by atoms with Crippen molar-refractivity contribution in [3.05, 3.63) is 132 Å². The van der Waals surface area contributed by atoms with E-state index in [2.05, 4.69) is 146 Å². The van der Waals surface area contributed by atoms with E-state index in [1.807, 2.05) is 0 Å². The summed E-state index contributed by atoms with van der Waals surface area (Å²) in [6, 6.07) is 37.1. The van der Waals surface area contributed by atoms with Crippen LogP contribution in [0.25, 0.3) is 33.6 Å². The minimum Gasteiger partial charge on any atom is -0.198 e. The molecule has 0 spiro atoms. The molecule has 0 bridgehead atoms. The summed E-state index contributed by atoms with van der Waals surface area (Å²) < 4.78 is 5.22. The van der Waals surface area contributed by atoms with Gasteiger partial charge in [0, 0.05) is 42.7 Å². The molecule has 7 rings (SSSR count). The fourth-order valence-corrected chi connectivity index (χ4v) is 8.47. The van der Waals surface area contributed by atoms with Crippen LogP contribution in [0.2, 0.25) is 0 Å². The van der Waals surface area contributed by atoms with Crippen LogP contribution in [0.3, 0.4) is 0 Å². The molecule has 0 saturated carbocycles. The smallest absolute Gasteiger partial charge is 0.198 e. The molecular weight excluding hydrogens is 532 g/mol. The summed E-state index contributed by atoms with van der Waals surface area (Å²) in [6.45, 7) is 10.3. The topological polar surface area (TPSA) is 7.76 Å². The zero-order valence-electron chi connectivity index (χ0n) is 26.9. The van der Waals surface area contributed by atoms with Crippen LogP contribution in [0, 0.1) is 6.92 Å². The zero-order valence-corrected chi connectivity index (χ0v) is 26.9. The van der Waals surface area contributed by atoms with Crippen molar-refractivity contribution in [3.63, 3.8) is 0 Å². The highest BCUT2D eigenvalue weighted by atomic mass is 15.1. The van der Waals surface area contributed by atoms with Crippen molar-refractivity contribution in [1.82, 2.24) is 0 Å². The van der Waals surface area contributed by atoms with Gasteiger partial charge in [0.15, 0.2) is 24.5 Å². The molecular formula is C42H46N2+2. The Balaban J connectivity index is 1.42. The molecule has 3 aromatic carbocycles. The first-order chi connectivity index (χ1) is 21.6. The molecule has 0 radical (unpaired) electrons. The van der Waals surface area contributed by atoms with Gasteiger partial charge in [-0.3, -0.25) is 0 Å². The number of benzene rings is 3. The summed E-state index contributed by atoms with van der Waals surface area (Å²) >= 11 is 0. The van der Waals surface area contributed by atoms with Gasteiger partial charge in [-0.15, -0.1) is 0 Å². The number of nitrogens with zero attached hydrogens (tertiary/aromatic N) is 2. The molecule has 4 heterocycles. The SMILES string of the molecule is CCCCCc1cc[n+]2c(c1)-c1ccccc1C(C1C[n+]3ccc(C)cc3-c3cc(-c4ccccc4)ccc31)C2(CC)CC. The molecule has 0 aliphatic carbocycles. The first kappa shape index (κ1) is 28.7. The number of aryl methyl sites for hydroxylation is 2. The fraction of sp³-hybridized carbons (Fsp3) is 0.333. The summed E-state index contributed by atoms with van der Waals surface area (Å²) in [4.78, 5) is 0. The van der Waals surface area contributed by atoms with E-state index in [1.165, 1.54) is 75.2 Å². The van der Waals surface area contributed by atoms with E-state index in [1.54, 1.807) is 0 Å². The van der Waals surface area contributed by atoms with Crippen molar-refractivity contribution in [3.8, 4) is 33.6 Å². The van der Waals surface area contributed by atoms with Gasteiger partial charge >= 0.3 is 0 Å². The van der Waals surface area contributed by atoms with E-state index >= 15 is 0 Å². The molecule has 2 aliphatic heterocycles. The Kier molecular flexibility index (Phi) is 7.70. The Bertz CT molecular complexity index is 1800. The predicted octanol–water partition coefficient (Wildman–Crippen LogP) is 9.71. The first-order valence-electron chi connectivity index (χ1n) is 16.9. The summed E-state index contributed by atoms with van der Waals surface area (Å²) in [5, 5.41) is 0. The van der Waals surface area contributed by atoms with E-state index in [-0.39, 0.29) is 5.54 Å². The minimum atomic E-state index is -0.0194. The van der Waals surface area contributed by atoms with Gasteiger partial charge in [-0.25, -0.2) is 0 Å². The summed E-state index contributed by atoms with van der Waals surface area (Å²) in [5.41, 5.74) is 13.8. The Morgan fingerprint density at radius 3 is 2.27 bits per heavy atom. The second-order valence-electron chi connectivity index (χ2n) is 13.1. The molecule has 2 heteroatoms. The lowest BCUT2D eigenvalue weighted by Crippen LogP contribution is -2.64. The zero-order chi connectivity index (χ0) is 30.3. The number of fused-ring (bicyclic) bond motifs is 6. The van der Waals surface area contributed by atoms with Crippen LogP contribution in [0.5, 0.6) is 0 Å². The van der Waals surface area contributed by atoms with E-state index < -0.39 is 0 Å². The van der Waals surface area contributed by atoms with Crippen molar-refractivity contribution in [2.45, 2.75) is 90.1 Å². The van der Waals surface area contributed by atoms with Gasteiger partial charge in [0.2, 0.25) is 11.4 Å². The Hall–Kier alpha value is -4.04. The maximum Gasteiger partial charge on any atom is 0.213 e. The van der Waals surface area contributed by atoms with Gasteiger partial charge in [0.05, 0.1) is 17.4 Å². The second-order valence-corrected chi connectivity index (χ2v) is 13.1. The van der Waals surface area contributed by atoms with Crippen LogP contribution in [-0.2, 0) is 18.5 Å². The molecule has 2 aromatic heterocycles. The molecule has 5 aromatic rings. The minimum absolute atomic E-state index is 0.0194. The van der Waals surface area contributed by atoms with E-state index in [0.29, 0.717) is 11.8 Å². The van der Waals surface area contributed by atoms with Gasteiger partial charge in [-0.05, 0) is 65.3 Å². The Morgan fingerprint density at radius 2 is 1.48 bits per heavy atom. The monoisotopic (exact) mass is 578 g/mol. The number of hydrogen-bond donors (Lipinski definition) is 0. The van der Waals surface area contributed by atoms with E-state index in [0.717, 1.165) is 25.8 Å². The highest BCUT2D eigenvalue weighted by Gasteiger charge is 2.56. The Morgan fingerprint density at radius 1 is 0.682 bits per heavy atom. The quantitative estimate of drug-likeness (QED) is 0.128. The van der Waals surface area contributed by atoms with Gasteiger partial charge in [0.1, 0.15) is 0 Å². The lowest BCUT2D eigenvalue weighted by molar-refractivity contribution is -0.766. The maximum atomic E-state index is 2.69. The van der Waals surface area contributed by atoms with Crippen LogP contribution in [0.4, 0.5) is 0 Å². The van der Waals surface area contributed by atoms with Crippen LogP contribution >= 0.6 is 0 Å². The highest BCUT2D eigenvalue weighted by molar-refractivity contribution is 5.75. The Labute approximate surface area is 264 Å². The molecule has 44 heavy (non-hydrogen) atoms. The molecule has 2 atom stereocenters. The van der Waals surface area contributed by atoms with Crippen LogP contribution in [0.15, 0.2) is 109 Å². The third-order valence-electron chi connectivity index (χ3n) is 10.8. The molecule has 222 valence electrons. The lowest BCUT2D eigenvalue weighted by atomic mass is 9.62. The number of aromatic nitrogens is 2. The molecule has 2 aliphatic rings. The van der Waals surface area contributed by atoms with Crippen molar-refractivity contribution >= 4 is 0 Å². The highest BCUT2D eigenvalue weighted by Crippen LogP contribution is 2.54. The van der Waals surface area contributed by atoms with Crippen molar-refractivity contribution in [1.29, 1.82) is 0 Å². The lowest BCUT2D eigenvalue weighted by Gasteiger charge is -2.44. The standard InChI is InChI=1S/C42H46N2/c1-5-8-10-15-31-23-25-44-40(27-31)35-18-13-14-19-36(35)41(42(44,6-2)7-3)38-29-43-24-22-30(4)26-39(43)37-28-33(20-21-34(37)38)32-16-11-9-12-17-32/h9,11-14,16-28,38,41H,5-8,10,15,29H2,1-4H3/q+2. The average Bonchev–Trinajstić information content (AvgIpc) is 3.08. The summed E-state index contributed by atoms with van der Waals surface area (Å²) in [6.07, 6.45) is 11.9. The molecule has 0 fully saturated rings. The maximum absolute atomic E-state index is 2.69. The van der Waals surface area contributed by atoms with Gasteiger partial charge in [-0.2, -0.15) is 9.13 Å². The van der Waals surface area contributed by atoms with Crippen LogP contribution in [0.1, 0.15) is 87.0 Å². The molecule has 0 N–H and O–H groups in total. The van der Waals surface area contributed by atoms with Crippen molar-refractivity contribution in [2.75, 3.05) is 0 Å². The normalized spacial score (nSPS) is 17.7. The van der Waals surface area contributed by atoms with Gasteiger partial charge < -0.3 is 0 Å². The van der Waals surface area contributed by atoms with Crippen LogP contribution in [-0.4, -0.2) is 0 Å². The number of hydrogen-bond acceptors (Lipinski definition) is 0. The number of pyridine rings is 2.